The highest BCUT2D eigenvalue weighted by atomic mass is 32.2. The fourth-order valence-electron chi connectivity index (χ4n) is 1.79. The van der Waals surface area contributed by atoms with Crippen molar-refractivity contribution in [1.82, 2.24) is 10.3 Å². The van der Waals surface area contributed by atoms with E-state index in [-0.39, 0.29) is 18.6 Å². The normalized spacial score (nSPS) is 12.5. The van der Waals surface area contributed by atoms with Crippen molar-refractivity contribution in [3.63, 3.8) is 0 Å². The van der Waals surface area contributed by atoms with Crippen LogP contribution in [0.4, 0.5) is 0 Å². The summed E-state index contributed by atoms with van der Waals surface area (Å²) in [5, 5.41) is 13.0. The minimum absolute atomic E-state index is 0.0361. The molecule has 1 heterocycles. The third-order valence-corrected chi connectivity index (χ3v) is 3.41. The number of pyridine rings is 1. The minimum Gasteiger partial charge on any atom is -0.394 e. The highest BCUT2D eigenvalue weighted by Gasteiger charge is 2.14. The number of nitrogens with one attached hydrogen (secondary N) is 1. The third-order valence-electron chi connectivity index (χ3n) is 2.60. The van der Waals surface area contributed by atoms with Gasteiger partial charge in [0.2, 0.25) is 0 Å². The largest absolute Gasteiger partial charge is 0.394 e. The predicted molar refractivity (Wildman–Crippen MR) is 78.4 cm³/mol. The summed E-state index contributed by atoms with van der Waals surface area (Å²) in [6.45, 7) is 6.14. The highest BCUT2D eigenvalue weighted by Crippen LogP contribution is 2.15. The molecule has 1 rings (SSSR count). The molecule has 0 aliphatic rings. The van der Waals surface area contributed by atoms with Gasteiger partial charge in [-0.3, -0.25) is 4.79 Å². The van der Waals surface area contributed by atoms with Crippen LogP contribution in [0.5, 0.6) is 0 Å². The Morgan fingerprint density at radius 1 is 1.53 bits per heavy atom. The third kappa shape index (κ3) is 5.61. The van der Waals surface area contributed by atoms with Gasteiger partial charge in [0.05, 0.1) is 17.7 Å². The Morgan fingerprint density at radius 3 is 2.84 bits per heavy atom. The van der Waals surface area contributed by atoms with Crippen molar-refractivity contribution in [2.75, 3.05) is 12.4 Å². The lowest BCUT2D eigenvalue weighted by molar-refractivity contribution is 0.0908. The average Bonchev–Trinajstić information content (AvgIpc) is 2.38. The first-order valence-corrected chi connectivity index (χ1v) is 7.56. The molecule has 0 aromatic carbocycles. The number of aliphatic hydroxyl groups excluding tert-OH is 1. The molecule has 0 fully saturated rings. The van der Waals surface area contributed by atoms with Crippen molar-refractivity contribution in [2.24, 2.45) is 5.92 Å². The maximum Gasteiger partial charge on any atom is 0.251 e. The molecule has 0 aliphatic heterocycles. The van der Waals surface area contributed by atoms with Gasteiger partial charge in [-0.1, -0.05) is 20.8 Å². The van der Waals surface area contributed by atoms with Gasteiger partial charge in [-0.05, 0) is 30.2 Å². The number of rotatable bonds is 7. The molecule has 5 heteroatoms. The van der Waals surface area contributed by atoms with Gasteiger partial charge in [0.1, 0.15) is 0 Å². The second kappa shape index (κ2) is 8.17. The zero-order valence-corrected chi connectivity index (χ0v) is 12.5. The summed E-state index contributed by atoms with van der Waals surface area (Å²) in [4.78, 5) is 16.3. The van der Waals surface area contributed by atoms with E-state index in [1.807, 2.05) is 6.92 Å². The molecular formula is C14H22N2O2S. The van der Waals surface area contributed by atoms with E-state index in [4.69, 9.17) is 0 Å². The fraction of sp³-hybridized carbons (Fsp3) is 0.571. The number of carbonyl (C=O) groups excluding carboxylic acids is 1. The Bertz CT molecular complexity index is 410. The number of carbonyl (C=O) groups is 1. The zero-order valence-electron chi connectivity index (χ0n) is 11.7. The summed E-state index contributed by atoms with van der Waals surface area (Å²) in [5.74, 6) is 1.20. The minimum atomic E-state index is -0.192. The molecule has 1 unspecified atom stereocenters. The van der Waals surface area contributed by atoms with Crippen LogP contribution in [0.2, 0.25) is 0 Å². The Balaban J connectivity index is 2.68. The number of amides is 1. The standard InChI is InChI=1S/C14H22N2O2S/c1-4-19-13-8-11(5-6-15-13)14(18)16-12(9-17)7-10(2)3/h5-6,8,10,12,17H,4,7,9H2,1-3H3,(H,16,18). The number of nitrogens with zero attached hydrogens (tertiary/aromatic N) is 1. The van der Waals surface area contributed by atoms with Crippen LogP contribution in [0.15, 0.2) is 23.4 Å². The molecule has 0 saturated carbocycles. The highest BCUT2D eigenvalue weighted by molar-refractivity contribution is 7.99. The van der Waals surface area contributed by atoms with Crippen LogP contribution in [-0.4, -0.2) is 34.4 Å². The molecule has 4 nitrogen and oxygen atoms in total. The second-order valence-electron chi connectivity index (χ2n) is 4.80. The van der Waals surface area contributed by atoms with Crippen molar-refractivity contribution >= 4 is 17.7 Å². The summed E-state index contributed by atoms with van der Waals surface area (Å²) >= 11 is 1.60. The van der Waals surface area contributed by atoms with Gasteiger partial charge in [0.15, 0.2) is 0 Å². The van der Waals surface area contributed by atoms with Gasteiger partial charge < -0.3 is 10.4 Å². The van der Waals surface area contributed by atoms with Gasteiger partial charge in [-0.2, -0.15) is 0 Å². The topological polar surface area (TPSA) is 62.2 Å². The van der Waals surface area contributed by atoms with E-state index in [0.717, 1.165) is 17.2 Å². The SMILES string of the molecule is CCSc1cc(C(=O)NC(CO)CC(C)C)ccn1. The van der Waals surface area contributed by atoms with Crippen molar-refractivity contribution in [2.45, 2.75) is 38.3 Å². The maximum atomic E-state index is 12.1. The Labute approximate surface area is 119 Å². The van der Waals surface area contributed by atoms with Crippen molar-refractivity contribution in [1.29, 1.82) is 0 Å². The van der Waals surface area contributed by atoms with Crippen molar-refractivity contribution in [3.05, 3.63) is 23.9 Å². The molecule has 0 bridgehead atoms. The molecular weight excluding hydrogens is 260 g/mol. The molecule has 0 spiro atoms. The lowest BCUT2D eigenvalue weighted by Gasteiger charge is -2.18. The first-order valence-electron chi connectivity index (χ1n) is 6.57. The van der Waals surface area contributed by atoms with Crippen LogP contribution in [0.25, 0.3) is 0 Å². The van der Waals surface area contributed by atoms with Crippen molar-refractivity contribution in [3.8, 4) is 0 Å². The molecule has 19 heavy (non-hydrogen) atoms. The van der Waals surface area contributed by atoms with Crippen LogP contribution in [-0.2, 0) is 0 Å². The molecule has 0 saturated heterocycles. The lowest BCUT2D eigenvalue weighted by atomic mass is 10.0. The number of aromatic nitrogens is 1. The van der Waals surface area contributed by atoms with Crippen LogP contribution in [0, 0.1) is 5.92 Å². The molecule has 1 aromatic heterocycles. The van der Waals surface area contributed by atoms with E-state index in [2.05, 4.69) is 24.1 Å². The summed E-state index contributed by atoms with van der Waals surface area (Å²) in [6, 6.07) is 3.29. The first-order chi connectivity index (χ1) is 9.06. The molecule has 2 N–H and O–H groups in total. The number of hydrogen-bond donors (Lipinski definition) is 2. The lowest BCUT2D eigenvalue weighted by Crippen LogP contribution is -2.38. The molecule has 0 radical (unpaired) electrons. The van der Waals surface area contributed by atoms with Crippen LogP contribution >= 0.6 is 11.8 Å². The van der Waals surface area contributed by atoms with E-state index in [9.17, 15) is 9.90 Å². The quantitative estimate of drug-likeness (QED) is 0.754. The van der Waals surface area contributed by atoms with Gasteiger partial charge in [-0.15, -0.1) is 11.8 Å². The van der Waals surface area contributed by atoms with Gasteiger partial charge in [0.25, 0.3) is 5.91 Å². The second-order valence-corrected chi connectivity index (χ2v) is 6.08. The van der Waals surface area contributed by atoms with E-state index < -0.39 is 0 Å². The monoisotopic (exact) mass is 282 g/mol. The number of hydrogen-bond acceptors (Lipinski definition) is 4. The predicted octanol–water partition coefficient (Wildman–Crippen LogP) is 2.33. The Hall–Kier alpha value is -1.07. The fourth-order valence-corrected chi connectivity index (χ4v) is 2.44. The van der Waals surface area contributed by atoms with Crippen LogP contribution < -0.4 is 5.32 Å². The molecule has 1 aromatic rings. The molecule has 106 valence electrons. The van der Waals surface area contributed by atoms with Gasteiger partial charge in [0, 0.05) is 11.8 Å². The van der Waals surface area contributed by atoms with E-state index in [0.29, 0.717) is 11.5 Å². The smallest absolute Gasteiger partial charge is 0.251 e. The summed E-state index contributed by atoms with van der Waals surface area (Å²) in [5.41, 5.74) is 0.591. The van der Waals surface area contributed by atoms with Crippen LogP contribution in [0.1, 0.15) is 37.6 Å². The van der Waals surface area contributed by atoms with Gasteiger partial charge in [-0.25, -0.2) is 4.98 Å². The first kappa shape index (κ1) is 16.0. The molecule has 0 aliphatic carbocycles. The summed E-state index contributed by atoms with van der Waals surface area (Å²) in [6.07, 6.45) is 2.41. The van der Waals surface area contributed by atoms with E-state index >= 15 is 0 Å². The van der Waals surface area contributed by atoms with E-state index in [1.165, 1.54) is 0 Å². The Morgan fingerprint density at radius 2 is 2.26 bits per heavy atom. The maximum absolute atomic E-state index is 12.1. The van der Waals surface area contributed by atoms with E-state index in [1.54, 1.807) is 30.1 Å². The zero-order chi connectivity index (χ0) is 14.3. The Kier molecular flexibility index (Phi) is 6.87. The number of thioether (sulfide) groups is 1. The van der Waals surface area contributed by atoms with Crippen LogP contribution in [0.3, 0.4) is 0 Å². The summed E-state index contributed by atoms with van der Waals surface area (Å²) in [7, 11) is 0. The van der Waals surface area contributed by atoms with Crippen molar-refractivity contribution < 1.29 is 9.90 Å². The average molecular weight is 282 g/mol. The van der Waals surface area contributed by atoms with Gasteiger partial charge >= 0.3 is 0 Å². The molecule has 1 amide bonds. The summed E-state index contributed by atoms with van der Waals surface area (Å²) < 4.78 is 0. The molecule has 1 atom stereocenters. The number of aliphatic hydroxyl groups is 1.